The number of carbonyl (C=O) groups is 2. The number of hydrogen-bond donors (Lipinski definition) is 3. The molecule has 1 aromatic heterocycles. The van der Waals surface area contributed by atoms with Crippen LogP contribution >= 0.6 is 0 Å². The number of nitrogens with one attached hydrogen (secondary N) is 3. The minimum Gasteiger partial charge on any atom is -0.326 e. The highest BCUT2D eigenvalue weighted by Crippen LogP contribution is 2.37. The van der Waals surface area contributed by atoms with Crippen molar-refractivity contribution >= 4 is 23.2 Å². The summed E-state index contributed by atoms with van der Waals surface area (Å²) in [5.74, 6) is 0.852. The Labute approximate surface area is 121 Å². The van der Waals surface area contributed by atoms with Crippen LogP contribution in [0.2, 0.25) is 0 Å². The minimum atomic E-state index is -0.356. The molecule has 1 fully saturated rings. The van der Waals surface area contributed by atoms with E-state index in [-0.39, 0.29) is 17.6 Å². The van der Waals surface area contributed by atoms with E-state index in [9.17, 15) is 9.59 Å². The summed E-state index contributed by atoms with van der Waals surface area (Å²) < 4.78 is 0. The number of aromatic nitrogens is 3. The quantitative estimate of drug-likeness (QED) is 0.798. The third-order valence-corrected chi connectivity index (χ3v) is 3.13. The molecule has 0 radical (unpaired) electrons. The third-order valence-electron chi connectivity index (χ3n) is 3.13. The standard InChI is InChI=1S/C14H15N5O2/c1-8(20)15-10-4-6-11(7-5-10)16-14(21)13-17-12(18-19-13)9-2-3-9/h4-7,9H,2-3H2,1H3,(H,15,20)(H,16,21)(H,17,18,19). The molecule has 3 N–H and O–H groups in total. The van der Waals surface area contributed by atoms with Crippen molar-refractivity contribution in [3.63, 3.8) is 0 Å². The maximum Gasteiger partial charge on any atom is 0.295 e. The zero-order chi connectivity index (χ0) is 14.8. The second-order valence-electron chi connectivity index (χ2n) is 5.03. The molecule has 0 spiro atoms. The van der Waals surface area contributed by atoms with Gasteiger partial charge in [-0.2, -0.15) is 0 Å². The van der Waals surface area contributed by atoms with Crippen LogP contribution in [0.15, 0.2) is 24.3 Å². The van der Waals surface area contributed by atoms with E-state index in [4.69, 9.17) is 0 Å². The monoisotopic (exact) mass is 285 g/mol. The number of anilines is 2. The van der Waals surface area contributed by atoms with Gasteiger partial charge in [0.05, 0.1) is 0 Å². The number of carbonyl (C=O) groups excluding carboxylic acids is 2. The van der Waals surface area contributed by atoms with Gasteiger partial charge >= 0.3 is 0 Å². The molecule has 0 saturated heterocycles. The summed E-state index contributed by atoms with van der Waals surface area (Å²) in [5.41, 5.74) is 1.29. The van der Waals surface area contributed by atoms with Gasteiger partial charge < -0.3 is 10.6 Å². The van der Waals surface area contributed by atoms with E-state index in [0.717, 1.165) is 18.7 Å². The number of H-pyrrole nitrogens is 1. The van der Waals surface area contributed by atoms with E-state index >= 15 is 0 Å². The summed E-state index contributed by atoms with van der Waals surface area (Å²) in [6.07, 6.45) is 2.20. The fourth-order valence-corrected chi connectivity index (χ4v) is 1.94. The predicted molar refractivity (Wildman–Crippen MR) is 77.1 cm³/mol. The predicted octanol–water partition coefficient (Wildman–Crippen LogP) is 1.89. The lowest BCUT2D eigenvalue weighted by Gasteiger charge is -2.05. The zero-order valence-electron chi connectivity index (χ0n) is 11.5. The van der Waals surface area contributed by atoms with Crippen LogP contribution in [-0.4, -0.2) is 27.0 Å². The molecule has 1 aliphatic rings. The van der Waals surface area contributed by atoms with Gasteiger partial charge in [-0.3, -0.25) is 14.7 Å². The van der Waals surface area contributed by atoms with Crippen LogP contribution in [0.5, 0.6) is 0 Å². The first-order valence-corrected chi connectivity index (χ1v) is 6.73. The molecule has 0 unspecified atom stereocenters. The molecule has 0 atom stereocenters. The summed E-state index contributed by atoms with van der Waals surface area (Å²) in [4.78, 5) is 27.1. The summed E-state index contributed by atoms with van der Waals surface area (Å²) in [6.45, 7) is 1.44. The first-order chi connectivity index (χ1) is 10.1. The summed E-state index contributed by atoms with van der Waals surface area (Å²) >= 11 is 0. The van der Waals surface area contributed by atoms with E-state index in [0.29, 0.717) is 17.3 Å². The lowest BCUT2D eigenvalue weighted by Crippen LogP contribution is -2.14. The van der Waals surface area contributed by atoms with E-state index in [1.165, 1.54) is 6.92 Å². The molecule has 1 heterocycles. The van der Waals surface area contributed by atoms with Crippen molar-refractivity contribution in [1.82, 2.24) is 15.2 Å². The SMILES string of the molecule is CC(=O)Nc1ccc(NC(=O)c2n[nH]c(C3CC3)n2)cc1. The molecular weight excluding hydrogens is 270 g/mol. The highest BCUT2D eigenvalue weighted by atomic mass is 16.2. The van der Waals surface area contributed by atoms with Gasteiger partial charge in [-0.25, -0.2) is 4.98 Å². The topological polar surface area (TPSA) is 99.8 Å². The van der Waals surface area contributed by atoms with E-state index in [2.05, 4.69) is 25.8 Å². The van der Waals surface area contributed by atoms with Crippen molar-refractivity contribution < 1.29 is 9.59 Å². The molecule has 7 heteroatoms. The molecule has 0 bridgehead atoms. The molecule has 0 aliphatic heterocycles. The van der Waals surface area contributed by atoms with Gasteiger partial charge in [-0.15, -0.1) is 5.10 Å². The number of nitrogens with zero attached hydrogens (tertiary/aromatic N) is 2. The van der Waals surface area contributed by atoms with Crippen LogP contribution in [-0.2, 0) is 4.79 Å². The maximum absolute atomic E-state index is 12.0. The Hall–Kier alpha value is -2.70. The normalized spacial score (nSPS) is 13.8. The average molecular weight is 285 g/mol. The number of rotatable bonds is 4. The van der Waals surface area contributed by atoms with Crippen LogP contribution in [0, 0.1) is 0 Å². The molecule has 1 saturated carbocycles. The first-order valence-electron chi connectivity index (χ1n) is 6.73. The van der Waals surface area contributed by atoms with Gasteiger partial charge in [0.2, 0.25) is 11.7 Å². The van der Waals surface area contributed by atoms with Crippen LogP contribution in [0.1, 0.15) is 42.1 Å². The van der Waals surface area contributed by atoms with Gasteiger partial charge in [0.1, 0.15) is 5.82 Å². The van der Waals surface area contributed by atoms with Gasteiger partial charge in [0.15, 0.2) is 0 Å². The molecule has 1 aromatic carbocycles. The van der Waals surface area contributed by atoms with E-state index in [1.807, 2.05) is 0 Å². The lowest BCUT2D eigenvalue weighted by atomic mass is 10.2. The molecule has 3 rings (SSSR count). The first kappa shape index (κ1) is 13.3. The largest absolute Gasteiger partial charge is 0.326 e. The van der Waals surface area contributed by atoms with Gasteiger partial charge in [-0.1, -0.05) is 0 Å². The summed E-state index contributed by atoms with van der Waals surface area (Å²) in [5, 5.41) is 12.1. The van der Waals surface area contributed by atoms with Crippen molar-refractivity contribution in [2.75, 3.05) is 10.6 Å². The second kappa shape index (κ2) is 5.35. The van der Waals surface area contributed by atoms with Crippen molar-refractivity contribution in [1.29, 1.82) is 0 Å². The molecular formula is C14H15N5O2. The minimum absolute atomic E-state index is 0.139. The number of benzene rings is 1. The fraction of sp³-hybridized carbons (Fsp3) is 0.286. The fourth-order valence-electron chi connectivity index (χ4n) is 1.94. The zero-order valence-corrected chi connectivity index (χ0v) is 11.5. The summed E-state index contributed by atoms with van der Waals surface area (Å²) in [7, 11) is 0. The number of hydrogen-bond acceptors (Lipinski definition) is 4. The van der Waals surface area contributed by atoms with Crippen molar-refractivity contribution in [2.45, 2.75) is 25.7 Å². The molecule has 21 heavy (non-hydrogen) atoms. The second-order valence-corrected chi connectivity index (χ2v) is 5.03. The Bertz CT molecular complexity index is 673. The molecule has 2 amide bonds. The highest BCUT2D eigenvalue weighted by molar-refractivity contribution is 6.01. The van der Waals surface area contributed by atoms with Crippen LogP contribution in [0.3, 0.4) is 0 Å². The number of aromatic amines is 1. The molecule has 1 aliphatic carbocycles. The Balaban J connectivity index is 1.64. The third kappa shape index (κ3) is 3.25. The Morgan fingerprint density at radius 3 is 2.33 bits per heavy atom. The van der Waals surface area contributed by atoms with Gasteiger partial charge in [0, 0.05) is 24.2 Å². The van der Waals surface area contributed by atoms with Gasteiger partial charge in [0.25, 0.3) is 5.91 Å². The lowest BCUT2D eigenvalue weighted by molar-refractivity contribution is -0.114. The number of amides is 2. The molecule has 7 nitrogen and oxygen atoms in total. The van der Waals surface area contributed by atoms with Gasteiger partial charge in [-0.05, 0) is 37.1 Å². The maximum atomic E-state index is 12.0. The van der Waals surface area contributed by atoms with E-state index < -0.39 is 0 Å². The Kier molecular flexibility index (Phi) is 3.39. The summed E-state index contributed by atoms with van der Waals surface area (Å²) in [6, 6.07) is 6.84. The highest BCUT2D eigenvalue weighted by Gasteiger charge is 2.28. The molecule has 108 valence electrons. The molecule has 2 aromatic rings. The van der Waals surface area contributed by atoms with Crippen LogP contribution in [0.25, 0.3) is 0 Å². The Morgan fingerprint density at radius 1 is 1.14 bits per heavy atom. The van der Waals surface area contributed by atoms with Crippen molar-refractivity contribution in [3.8, 4) is 0 Å². The average Bonchev–Trinajstić information content (AvgIpc) is 3.18. The van der Waals surface area contributed by atoms with Crippen LogP contribution in [0.4, 0.5) is 11.4 Å². The van der Waals surface area contributed by atoms with Crippen molar-refractivity contribution in [2.24, 2.45) is 0 Å². The van der Waals surface area contributed by atoms with Crippen LogP contribution < -0.4 is 10.6 Å². The Morgan fingerprint density at radius 2 is 1.76 bits per heavy atom. The van der Waals surface area contributed by atoms with Crippen molar-refractivity contribution in [3.05, 3.63) is 35.9 Å². The smallest absolute Gasteiger partial charge is 0.295 e. The van der Waals surface area contributed by atoms with E-state index in [1.54, 1.807) is 24.3 Å².